The van der Waals surface area contributed by atoms with Crippen LogP contribution in [0.1, 0.15) is 10.5 Å². The van der Waals surface area contributed by atoms with E-state index in [1.54, 1.807) is 12.1 Å². The van der Waals surface area contributed by atoms with Gasteiger partial charge in [0.15, 0.2) is 11.0 Å². The molecule has 3 aromatic rings. The Morgan fingerprint density at radius 1 is 1.25 bits per heavy atom. The molecule has 20 heavy (non-hydrogen) atoms. The van der Waals surface area contributed by atoms with Gasteiger partial charge in [0, 0.05) is 6.07 Å². The second kappa shape index (κ2) is 4.78. The summed E-state index contributed by atoms with van der Waals surface area (Å²) in [4.78, 5) is 20.4. The van der Waals surface area contributed by atoms with Gasteiger partial charge >= 0.3 is 0 Å². The molecule has 0 aliphatic heterocycles. The van der Waals surface area contributed by atoms with Crippen LogP contribution in [0.2, 0.25) is 5.15 Å². The molecule has 0 unspecified atom stereocenters. The average Bonchev–Trinajstić information content (AvgIpc) is 2.86. The largest absolute Gasteiger partial charge is 0.382 e. The number of carbonyl (C=O) groups excluding carboxylic acids is 1. The van der Waals surface area contributed by atoms with Crippen molar-refractivity contribution >= 4 is 40.2 Å². The van der Waals surface area contributed by atoms with Crippen molar-refractivity contribution in [3.05, 3.63) is 41.2 Å². The third kappa shape index (κ3) is 2.26. The van der Waals surface area contributed by atoms with Crippen molar-refractivity contribution < 1.29 is 4.79 Å². The van der Waals surface area contributed by atoms with Crippen LogP contribution in [0.25, 0.3) is 11.0 Å². The molecule has 0 saturated heterocycles. The summed E-state index contributed by atoms with van der Waals surface area (Å²) in [6, 6.07) is 8.64. The number of carbonyl (C=O) groups is 1. The number of hydrogen-bond donors (Lipinski definition) is 3. The summed E-state index contributed by atoms with van der Waals surface area (Å²) in [5.74, 6) is -0.0324. The summed E-state index contributed by atoms with van der Waals surface area (Å²) in [5, 5.41) is 8.85. The van der Waals surface area contributed by atoms with Crippen molar-refractivity contribution in [3.63, 3.8) is 0 Å². The Kier molecular flexibility index (Phi) is 2.96. The fourth-order valence-corrected chi connectivity index (χ4v) is 1.87. The molecule has 0 bridgehead atoms. The van der Waals surface area contributed by atoms with Crippen LogP contribution in [-0.4, -0.2) is 26.1 Å². The minimum Gasteiger partial charge on any atom is -0.382 e. The predicted octanol–water partition coefficient (Wildman–Crippen LogP) is 1.84. The zero-order valence-corrected chi connectivity index (χ0v) is 10.8. The number of aromatic nitrogens is 4. The molecular formula is C12H9ClN6O. The molecule has 8 heteroatoms. The number of halogens is 1. The molecule has 1 amide bonds. The van der Waals surface area contributed by atoms with Gasteiger partial charge in [-0.15, -0.1) is 0 Å². The number of hydrogen-bond acceptors (Lipinski definition) is 5. The molecule has 1 aromatic carbocycles. The van der Waals surface area contributed by atoms with E-state index in [-0.39, 0.29) is 22.5 Å². The van der Waals surface area contributed by atoms with Crippen LogP contribution in [0.5, 0.6) is 0 Å². The fraction of sp³-hybridized carbons (Fsp3) is 0. The first-order valence-electron chi connectivity index (χ1n) is 5.68. The first kappa shape index (κ1) is 12.4. The lowest BCUT2D eigenvalue weighted by Gasteiger charge is -2.05. The van der Waals surface area contributed by atoms with Crippen LogP contribution in [0, 0.1) is 0 Å². The van der Waals surface area contributed by atoms with E-state index in [2.05, 4.69) is 25.5 Å². The first-order chi connectivity index (χ1) is 9.63. The number of nitrogen functional groups attached to an aromatic ring is 1. The number of benzene rings is 1. The lowest BCUT2D eigenvalue weighted by atomic mass is 10.3. The van der Waals surface area contributed by atoms with Gasteiger partial charge in [0.05, 0.1) is 11.0 Å². The Morgan fingerprint density at radius 3 is 2.60 bits per heavy atom. The number of aromatic amines is 1. The van der Waals surface area contributed by atoms with Crippen LogP contribution < -0.4 is 11.1 Å². The summed E-state index contributed by atoms with van der Waals surface area (Å²) in [6.07, 6.45) is 0. The first-order valence-corrected chi connectivity index (χ1v) is 6.06. The van der Waals surface area contributed by atoms with Gasteiger partial charge in [0.25, 0.3) is 5.91 Å². The van der Waals surface area contributed by atoms with Gasteiger partial charge in [-0.25, -0.2) is 9.97 Å². The van der Waals surface area contributed by atoms with E-state index in [0.717, 1.165) is 0 Å². The Balaban J connectivity index is 1.94. The predicted molar refractivity (Wildman–Crippen MR) is 75.5 cm³/mol. The van der Waals surface area contributed by atoms with E-state index in [1.807, 2.05) is 12.1 Å². The second-order valence-electron chi connectivity index (χ2n) is 4.01. The van der Waals surface area contributed by atoms with E-state index in [4.69, 9.17) is 17.3 Å². The molecule has 0 radical (unpaired) electrons. The SMILES string of the molecule is Nc1cc(C(=O)Nc2nc3ccccc3nc2Cl)[nH]n1. The van der Waals surface area contributed by atoms with Crippen LogP contribution in [-0.2, 0) is 0 Å². The van der Waals surface area contributed by atoms with Gasteiger partial charge < -0.3 is 11.1 Å². The fourth-order valence-electron chi connectivity index (χ4n) is 1.69. The number of fused-ring (bicyclic) bond motifs is 1. The van der Waals surface area contributed by atoms with E-state index in [9.17, 15) is 4.79 Å². The molecule has 2 aromatic heterocycles. The third-order valence-corrected chi connectivity index (χ3v) is 2.87. The number of rotatable bonds is 2. The number of amides is 1. The molecule has 0 aliphatic rings. The summed E-state index contributed by atoms with van der Waals surface area (Å²) < 4.78 is 0. The molecule has 0 atom stereocenters. The summed E-state index contributed by atoms with van der Waals surface area (Å²) in [5.41, 5.74) is 6.94. The quantitative estimate of drug-likeness (QED) is 0.666. The van der Waals surface area contributed by atoms with E-state index >= 15 is 0 Å². The van der Waals surface area contributed by atoms with Crippen LogP contribution in [0.3, 0.4) is 0 Å². The maximum Gasteiger partial charge on any atom is 0.274 e. The smallest absolute Gasteiger partial charge is 0.274 e. The van der Waals surface area contributed by atoms with Crippen molar-refractivity contribution in [1.82, 2.24) is 20.2 Å². The second-order valence-corrected chi connectivity index (χ2v) is 4.37. The normalized spacial score (nSPS) is 10.7. The van der Waals surface area contributed by atoms with Crippen molar-refractivity contribution in [1.29, 1.82) is 0 Å². The van der Waals surface area contributed by atoms with Crippen LogP contribution in [0.4, 0.5) is 11.6 Å². The molecule has 0 spiro atoms. The van der Waals surface area contributed by atoms with Crippen molar-refractivity contribution in [2.45, 2.75) is 0 Å². The van der Waals surface area contributed by atoms with Crippen molar-refractivity contribution in [3.8, 4) is 0 Å². The molecule has 100 valence electrons. The van der Waals surface area contributed by atoms with E-state index in [0.29, 0.717) is 11.0 Å². The van der Waals surface area contributed by atoms with Crippen molar-refractivity contribution in [2.75, 3.05) is 11.1 Å². The number of H-pyrrole nitrogens is 1. The van der Waals surface area contributed by atoms with Crippen LogP contribution >= 0.6 is 11.6 Å². The Hall–Kier alpha value is -2.67. The highest BCUT2D eigenvalue weighted by Crippen LogP contribution is 2.21. The Labute approximate surface area is 118 Å². The average molecular weight is 289 g/mol. The van der Waals surface area contributed by atoms with Gasteiger partial charge in [0.2, 0.25) is 0 Å². The highest BCUT2D eigenvalue weighted by molar-refractivity contribution is 6.32. The maximum absolute atomic E-state index is 12.0. The molecular weight excluding hydrogens is 280 g/mol. The summed E-state index contributed by atoms with van der Waals surface area (Å²) in [7, 11) is 0. The van der Waals surface area contributed by atoms with E-state index < -0.39 is 5.91 Å². The highest BCUT2D eigenvalue weighted by Gasteiger charge is 2.13. The summed E-state index contributed by atoms with van der Waals surface area (Å²) >= 11 is 6.00. The van der Waals surface area contributed by atoms with Gasteiger partial charge in [-0.1, -0.05) is 23.7 Å². The number of nitrogens with one attached hydrogen (secondary N) is 2. The minimum atomic E-state index is -0.444. The molecule has 4 N–H and O–H groups in total. The molecule has 0 saturated carbocycles. The zero-order valence-electron chi connectivity index (χ0n) is 10.1. The number of nitrogens with zero attached hydrogens (tertiary/aromatic N) is 3. The van der Waals surface area contributed by atoms with Crippen LogP contribution in [0.15, 0.2) is 30.3 Å². The van der Waals surface area contributed by atoms with E-state index in [1.165, 1.54) is 6.07 Å². The monoisotopic (exact) mass is 288 g/mol. The Morgan fingerprint density at radius 2 is 1.95 bits per heavy atom. The van der Waals surface area contributed by atoms with Gasteiger partial charge in [-0.2, -0.15) is 5.10 Å². The Bertz CT molecular complexity index is 799. The third-order valence-electron chi connectivity index (χ3n) is 2.60. The van der Waals surface area contributed by atoms with Crippen molar-refractivity contribution in [2.24, 2.45) is 0 Å². The minimum absolute atomic E-state index is 0.115. The molecule has 3 rings (SSSR count). The topological polar surface area (TPSA) is 110 Å². The molecule has 0 fully saturated rings. The van der Waals surface area contributed by atoms with Gasteiger partial charge in [0.1, 0.15) is 11.5 Å². The molecule has 7 nitrogen and oxygen atoms in total. The lowest BCUT2D eigenvalue weighted by molar-refractivity contribution is 0.102. The summed E-state index contributed by atoms with van der Waals surface area (Å²) in [6.45, 7) is 0. The van der Waals surface area contributed by atoms with Gasteiger partial charge in [-0.3, -0.25) is 9.89 Å². The lowest BCUT2D eigenvalue weighted by Crippen LogP contribution is -2.14. The highest BCUT2D eigenvalue weighted by atomic mass is 35.5. The van der Waals surface area contributed by atoms with Gasteiger partial charge in [-0.05, 0) is 12.1 Å². The number of nitrogens with two attached hydrogens (primary N) is 1. The maximum atomic E-state index is 12.0. The standard InChI is InChI=1S/C12H9ClN6O/c13-10-11(16-7-4-2-1-3-6(7)15-10)17-12(20)8-5-9(14)19-18-8/h1-5H,(H3,14,18,19)(H,16,17,20). The zero-order chi connectivity index (χ0) is 14.1. The number of para-hydroxylation sites is 2. The molecule has 0 aliphatic carbocycles. The molecule has 2 heterocycles. The number of anilines is 2.